The van der Waals surface area contributed by atoms with Crippen molar-refractivity contribution in [1.29, 1.82) is 5.41 Å². The molecule has 0 radical (unpaired) electrons. The molecule has 0 atom stereocenters. The molecule has 0 aliphatic rings. The largest absolute Gasteiger partial charge is 0.488 e. The van der Waals surface area contributed by atoms with Gasteiger partial charge in [-0.15, -0.1) is 0 Å². The number of rotatable bonds is 10. The van der Waals surface area contributed by atoms with Crippen LogP contribution in [0.25, 0.3) is 0 Å². The summed E-state index contributed by atoms with van der Waals surface area (Å²) in [5, 5.41) is 10.9. The molecule has 0 saturated heterocycles. The Morgan fingerprint density at radius 3 is 2.86 bits per heavy atom. The monoisotopic (exact) mass is 309 g/mol. The zero-order valence-electron chi connectivity index (χ0n) is 13.7. The highest BCUT2D eigenvalue weighted by molar-refractivity contribution is 5.72. The van der Waals surface area contributed by atoms with Crippen molar-refractivity contribution in [3.63, 3.8) is 0 Å². The maximum Gasteiger partial charge on any atom is 0.222 e. The standard InChI is InChI=1S/C15H27N5O2/c1-4-5-8-18-14-12(10-19-15(17)20-14)21-9-6-7-13(16)22-11(2)3/h10-11,16H,4-9H2,1-3H3,(H3,17,18,19,20). The van der Waals surface area contributed by atoms with Gasteiger partial charge in [0.25, 0.3) is 0 Å². The number of hydrogen-bond acceptors (Lipinski definition) is 7. The molecular formula is C15H27N5O2. The van der Waals surface area contributed by atoms with E-state index in [0.717, 1.165) is 19.4 Å². The van der Waals surface area contributed by atoms with E-state index >= 15 is 0 Å². The minimum atomic E-state index is 0.0354. The van der Waals surface area contributed by atoms with E-state index in [2.05, 4.69) is 22.2 Å². The number of hydrogen-bond donors (Lipinski definition) is 3. The van der Waals surface area contributed by atoms with Crippen molar-refractivity contribution < 1.29 is 9.47 Å². The Kier molecular flexibility index (Phi) is 8.03. The van der Waals surface area contributed by atoms with Gasteiger partial charge in [-0.1, -0.05) is 13.3 Å². The second kappa shape index (κ2) is 9.81. The summed E-state index contributed by atoms with van der Waals surface area (Å²) in [5.74, 6) is 1.71. The van der Waals surface area contributed by atoms with Crippen molar-refractivity contribution in [2.45, 2.75) is 52.6 Å². The van der Waals surface area contributed by atoms with Gasteiger partial charge in [0.05, 0.1) is 18.9 Å². The van der Waals surface area contributed by atoms with E-state index in [0.29, 0.717) is 31.0 Å². The molecule has 0 bridgehead atoms. The van der Waals surface area contributed by atoms with Crippen LogP contribution in [0.4, 0.5) is 11.8 Å². The molecule has 1 heterocycles. The highest BCUT2D eigenvalue weighted by Crippen LogP contribution is 2.21. The quantitative estimate of drug-likeness (QED) is 0.348. The van der Waals surface area contributed by atoms with Gasteiger partial charge in [-0.2, -0.15) is 4.98 Å². The number of aromatic nitrogens is 2. The number of anilines is 2. The molecule has 1 aromatic rings. The Bertz CT molecular complexity index is 465. The van der Waals surface area contributed by atoms with E-state index < -0.39 is 0 Å². The van der Waals surface area contributed by atoms with Crippen molar-refractivity contribution in [1.82, 2.24) is 9.97 Å². The zero-order chi connectivity index (χ0) is 16.4. The van der Waals surface area contributed by atoms with Gasteiger partial charge in [0.15, 0.2) is 17.5 Å². The van der Waals surface area contributed by atoms with Crippen molar-refractivity contribution in [2.24, 2.45) is 0 Å². The first-order valence-electron chi connectivity index (χ1n) is 7.76. The molecule has 4 N–H and O–H groups in total. The first kappa shape index (κ1) is 18.0. The van der Waals surface area contributed by atoms with Crippen LogP contribution in [0.5, 0.6) is 5.75 Å². The Morgan fingerprint density at radius 1 is 1.41 bits per heavy atom. The third kappa shape index (κ3) is 7.10. The van der Waals surface area contributed by atoms with Gasteiger partial charge in [-0.3, -0.25) is 5.41 Å². The fraction of sp³-hybridized carbons (Fsp3) is 0.667. The Morgan fingerprint density at radius 2 is 2.18 bits per heavy atom. The molecule has 0 saturated carbocycles. The van der Waals surface area contributed by atoms with Gasteiger partial charge in [0.2, 0.25) is 5.95 Å². The topological polar surface area (TPSA) is 106 Å². The average molecular weight is 309 g/mol. The molecule has 0 spiro atoms. The number of unbranched alkanes of at least 4 members (excludes halogenated alkanes) is 1. The second-order valence-corrected chi connectivity index (χ2v) is 5.26. The van der Waals surface area contributed by atoms with E-state index in [4.69, 9.17) is 20.6 Å². The van der Waals surface area contributed by atoms with Crippen LogP contribution in [0.15, 0.2) is 6.20 Å². The van der Waals surface area contributed by atoms with E-state index in [1.165, 1.54) is 0 Å². The number of ether oxygens (including phenoxy) is 2. The Hall–Kier alpha value is -2.05. The molecule has 22 heavy (non-hydrogen) atoms. The summed E-state index contributed by atoms with van der Waals surface area (Å²) in [7, 11) is 0. The SMILES string of the molecule is CCCCNc1nc(N)ncc1OCCCC(=N)OC(C)C. The zero-order valence-corrected chi connectivity index (χ0v) is 13.7. The van der Waals surface area contributed by atoms with Gasteiger partial charge >= 0.3 is 0 Å². The summed E-state index contributed by atoms with van der Waals surface area (Å²) in [6, 6.07) is 0. The third-order valence-corrected chi connectivity index (χ3v) is 2.78. The fourth-order valence-electron chi connectivity index (χ4n) is 1.76. The maximum atomic E-state index is 7.65. The lowest BCUT2D eigenvalue weighted by Gasteiger charge is -2.13. The minimum Gasteiger partial charge on any atom is -0.488 e. The molecule has 0 aromatic carbocycles. The summed E-state index contributed by atoms with van der Waals surface area (Å²) in [6.45, 7) is 7.23. The van der Waals surface area contributed by atoms with E-state index in [1.54, 1.807) is 6.20 Å². The highest BCUT2D eigenvalue weighted by atomic mass is 16.5. The molecule has 0 unspecified atom stereocenters. The summed E-state index contributed by atoms with van der Waals surface area (Å²) in [6.07, 6.45) is 5.01. The predicted molar refractivity (Wildman–Crippen MR) is 88.5 cm³/mol. The lowest BCUT2D eigenvalue weighted by Crippen LogP contribution is -2.12. The smallest absolute Gasteiger partial charge is 0.222 e. The Labute approximate surface area is 132 Å². The van der Waals surface area contributed by atoms with Gasteiger partial charge in [-0.25, -0.2) is 4.98 Å². The van der Waals surface area contributed by atoms with E-state index in [-0.39, 0.29) is 18.0 Å². The van der Waals surface area contributed by atoms with Gasteiger partial charge in [-0.05, 0) is 26.7 Å². The van der Waals surface area contributed by atoms with Gasteiger partial charge in [0, 0.05) is 13.0 Å². The van der Waals surface area contributed by atoms with Crippen molar-refractivity contribution in [2.75, 3.05) is 24.2 Å². The number of nitrogens with zero attached hydrogens (tertiary/aromatic N) is 2. The average Bonchev–Trinajstić information content (AvgIpc) is 2.45. The van der Waals surface area contributed by atoms with Crippen LogP contribution in [0.2, 0.25) is 0 Å². The Balaban J connectivity index is 2.42. The van der Waals surface area contributed by atoms with Crippen molar-refractivity contribution >= 4 is 17.7 Å². The van der Waals surface area contributed by atoms with Crippen molar-refractivity contribution in [3.05, 3.63) is 6.20 Å². The summed E-state index contributed by atoms with van der Waals surface area (Å²) in [5.41, 5.74) is 5.61. The van der Waals surface area contributed by atoms with Crippen LogP contribution >= 0.6 is 0 Å². The second-order valence-electron chi connectivity index (χ2n) is 5.26. The molecule has 1 aromatic heterocycles. The molecule has 0 aliphatic heterocycles. The normalized spacial score (nSPS) is 10.5. The van der Waals surface area contributed by atoms with E-state index in [9.17, 15) is 0 Å². The van der Waals surface area contributed by atoms with Gasteiger partial charge < -0.3 is 20.5 Å². The molecule has 124 valence electrons. The summed E-state index contributed by atoms with van der Waals surface area (Å²) < 4.78 is 11.0. The summed E-state index contributed by atoms with van der Waals surface area (Å²) in [4.78, 5) is 8.12. The first-order valence-corrected chi connectivity index (χ1v) is 7.76. The molecule has 0 aliphatic carbocycles. The molecule has 0 fully saturated rings. The first-order chi connectivity index (χ1) is 10.5. The number of nitrogen functional groups attached to an aromatic ring is 1. The maximum absolute atomic E-state index is 7.65. The lowest BCUT2D eigenvalue weighted by atomic mass is 10.3. The van der Waals surface area contributed by atoms with Crippen LogP contribution in [-0.2, 0) is 4.74 Å². The van der Waals surface area contributed by atoms with Crippen LogP contribution < -0.4 is 15.8 Å². The number of nitrogens with one attached hydrogen (secondary N) is 2. The number of nitrogens with two attached hydrogens (primary N) is 1. The lowest BCUT2D eigenvalue weighted by molar-refractivity contribution is 0.215. The van der Waals surface area contributed by atoms with Crippen LogP contribution in [0, 0.1) is 5.41 Å². The molecule has 7 heteroatoms. The summed E-state index contributed by atoms with van der Waals surface area (Å²) >= 11 is 0. The molecular weight excluding hydrogens is 282 g/mol. The fourth-order valence-corrected chi connectivity index (χ4v) is 1.76. The van der Waals surface area contributed by atoms with Crippen LogP contribution in [0.1, 0.15) is 46.5 Å². The predicted octanol–water partition coefficient (Wildman–Crippen LogP) is 2.83. The van der Waals surface area contributed by atoms with Crippen LogP contribution in [0.3, 0.4) is 0 Å². The van der Waals surface area contributed by atoms with Gasteiger partial charge in [0.1, 0.15) is 0 Å². The van der Waals surface area contributed by atoms with Crippen molar-refractivity contribution in [3.8, 4) is 5.75 Å². The van der Waals surface area contributed by atoms with Crippen LogP contribution in [-0.4, -0.2) is 35.1 Å². The molecule has 0 amide bonds. The molecule has 1 rings (SSSR count). The molecule has 7 nitrogen and oxygen atoms in total. The third-order valence-electron chi connectivity index (χ3n) is 2.78. The highest BCUT2D eigenvalue weighted by Gasteiger charge is 2.07. The van der Waals surface area contributed by atoms with E-state index in [1.807, 2.05) is 13.8 Å². The minimum absolute atomic E-state index is 0.0354.